The average molecular weight is 168 g/mol. The molecule has 0 aromatic rings. The van der Waals surface area contributed by atoms with Crippen molar-refractivity contribution in [2.24, 2.45) is 5.92 Å². The van der Waals surface area contributed by atoms with Crippen molar-refractivity contribution in [3.63, 3.8) is 0 Å². The largest absolute Gasteiger partial charge is 0.374 e. The fraction of sp³-hybridized carbons (Fsp3) is 0.800. The van der Waals surface area contributed by atoms with Crippen LogP contribution in [0, 0.1) is 5.92 Å². The fourth-order valence-corrected chi connectivity index (χ4v) is 1.37. The predicted molar refractivity (Wildman–Crippen MR) is 52.8 cm³/mol. The summed E-state index contributed by atoms with van der Waals surface area (Å²) in [6, 6.07) is 0. The molecule has 0 atom stereocenters. The number of rotatable bonds is 2. The van der Waals surface area contributed by atoms with Crippen molar-refractivity contribution in [2.75, 3.05) is 6.54 Å². The highest BCUT2D eigenvalue weighted by atomic mass is 15.2. The zero-order valence-corrected chi connectivity index (χ0v) is 8.57. The Morgan fingerprint density at radius 2 is 2.17 bits per heavy atom. The Morgan fingerprint density at radius 3 is 2.58 bits per heavy atom. The molecule has 1 rings (SSSR count). The van der Waals surface area contributed by atoms with E-state index in [0.29, 0.717) is 0 Å². The highest BCUT2D eigenvalue weighted by Crippen LogP contribution is 2.13. The van der Waals surface area contributed by atoms with Gasteiger partial charge in [-0.25, -0.2) is 0 Å². The van der Waals surface area contributed by atoms with Crippen molar-refractivity contribution in [2.45, 2.75) is 39.8 Å². The molecule has 0 saturated carbocycles. The minimum Gasteiger partial charge on any atom is -0.374 e. The van der Waals surface area contributed by atoms with Gasteiger partial charge in [0.25, 0.3) is 0 Å². The van der Waals surface area contributed by atoms with Crippen LogP contribution in [0.1, 0.15) is 34.1 Å². The lowest BCUT2D eigenvalue weighted by atomic mass is 10.0. The van der Waals surface area contributed by atoms with Crippen LogP contribution >= 0.6 is 0 Å². The molecule has 70 valence electrons. The van der Waals surface area contributed by atoms with Crippen LogP contribution in [-0.2, 0) is 0 Å². The van der Waals surface area contributed by atoms with Gasteiger partial charge in [-0.2, -0.15) is 0 Å². The summed E-state index contributed by atoms with van der Waals surface area (Å²) < 4.78 is 0. The van der Waals surface area contributed by atoms with E-state index in [0.717, 1.165) is 12.5 Å². The van der Waals surface area contributed by atoms with Gasteiger partial charge in [0.15, 0.2) is 0 Å². The molecule has 2 N–H and O–H groups in total. The summed E-state index contributed by atoms with van der Waals surface area (Å²) in [4.78, 5) is 0. The first-order valence-electron chi connectivity index (χ1n) is 4.70. The van der Waals surface area contributed by atoms with Gasteiger partial charge in [0.1, 0.15) is 0 Å². The monoisotopic (exact) mass is 168 g/mol. The summed E-state index contributed by atoms with van der Waals surface area (Å²) in [5.74, 6) is 0.751. The summed E-state index contributed by atoms with van der Waals surface area (Å²) in [5.41, 5.74) is 1.55. The summed E-state index contributed by atoms with van der Waals surface area (Å²) in [7, 11) is 0. The minimum atomic E-state index is 0.0699. The van der Waals surface area contributed by atoms with Crippen LogP contribution in [-0.4, -0.2) is 12.2 Å². The van der Waals surface area contributed by atoms with E-state index in [1.807, 2.05) is 0 Å². The zero-order valence-electron chi connectivity index (χ0n) is 8.57. The molecule has 2 heteroatoms. The van der Waals surface area contributed by atoms with Crippen molar-refractivity contribution in [3.8, 4) is 0 Å². The van der Waals surface area contributed by atoms with Crippen LogP contribution in [0.5, 0.6) is 0 Å². The molecule has 0 amide bonds. The van der Waals surface area contributed by atoms with E-state index in [2.05, 4.69) is 44.5 Å². The van der Waals surface area contributed by atoms with Crippen LogP contribution < -0.4 is 10.6 Å². The van der Waals surface area contributed by atoms with Crippen LogP contribution in [0.15, 0.2) is 11.8 Å². The standard InChI is InChI=1S/C10H20N2/c1-8(2)5-9-6-11-10(3,4)12-7-9/h6,8,11-12H,5,7H2,1-4H3. The first-order valence-corrected chi connectivity index (χ1v) is 4.70. The van der Waals surface area contributed by atoms with Crippen molar-refractivity contribution in [1.29, 1.82) is 0 Å². The molecule has 0 bridgehead atoms. The van der Waals surface area contributed by atoms with E-state index >= 15 is 0 Å². The molecule has 0 aliphatic carbocycles. The van der Waals surface area contributed by atoms with E-state index < -0.39 is 0 Å². The maximum Gasteiger partial charge on any atom is 0.0821 e. The van der Waals surface area contributed by atoms with Crippen molar-refractivity contribution >= 4 is 0 Å². The Balaban J connectivity index is 2.45. The van der Waals surface area contributed by atoms with Crippen LogP contribution in [0.25, 0.3) is 0 Å². The molecule has 12 heavy (non-hydrogen) atoms. The second-order valence-electron chi connectivity index (χ2n) is 4.52. The molecule has 0 saturated heterocycles. The van der Waals surface area contributed by atoms with Gasteiger partial charge in [-0.05, 0) is 38.0 Å². The minimum absolute atomic E-state index is 0.0699. The maximum absolute atomic E-state index is 3.43. The van der Waals surface area contributed by atoms with Crippen molar-refractivity contribution < 1.29 is 0 Å². The first-order chi connectivity index (χ1) is 5.49. The zero-order chi connectivity index (χ0) is 9.19. The van der Waals surface area contributed by atoms with Gasteiger partial charge in [0.2, 0.25) is 0 Å². The molecular formula is C10H20N2. The topological polar surface area (TPSA) is 24.1 Å². The van der Waals surface area contributed by atoms with Gasteiger partial charge in [0, 0.05) is 6.54 Å². The first kappa shape index (κ1) is 9.59. The van der Waals surface area contributed by atoms with E-state index in [1.54, 1.807) is 0 Å². The third-order valence-corrected chi connectivity index (χ3v) is 2.06. The molecule has 0 unspecified atom stereocenters. The van der Waals surface area contributed by atoms with E-state index in [1.165, 1.54) is 12.0 Å². The van der Waals surface area contributed by atoms with Gasteiger partial charge in [-0.15, -0.1) is 0 Å². The Hall–Kier alpha value is -0.500. The summed E-state index contributed by atoms with van der Waals surface area (Å²) >= 11 is 0. The highest BCUT2D eigenvalue weighted by Gasteiger charge is 2.19. The van der Waals surface area contributed by atoms with Crippen LogP contribution in [0.2, 0.25) is 0 Å². The number of hydrogen-bond acceptors (Lipinski definition) is 2. The molecule has 0 spiro atoms. The molecule has 1 heterocycles. The normalized spacial score (nSPS) is 21.9. The van der Waals surface area contributed by atoms with Crippen LogP contribution in [0.4, 0.5) is 0 Å². The number of hydrogen-bond donors (Lipinski definition) is 2. The Labute approximate surface area is 75.4 Å². The van der Waals surface area contributed by atoms with Gasteiger partial charge in [-0.3, -0.25) is 5.32 Å². The maximum atomic E-state index is 3.43. The second kappa shape index (κ2) is 3.48. The lowest BCUT2D eigenvalue weighted by Gasteiger charge is -2.32. The lowest BCUT2D eigenvalue weighted by Crippen LogP contribution is -2.53. The summed E-state index contributed by atoms with van der Waals surface area (Å²) in [6.45, 7) is 9.82. The molecule has 2 nitrogen and oxygen atoms in total. The molecule has 0 fully saturated rings. The van der Waals surface area contributed by atoms with Crippen molar-refractivity contribution in [1.82, 2.24) is 10.6 Å². The quantitative estimate of drug-likeness (QED) is 0.657. The van der Waals surface area contributed by atoms with E-state index in [9.17, 15) is 0 Å². The molecule has 0 aromatic heterocycles. The molecular weight excluding hydrogens is 148 g/mol. The smallest absolute Gasteiger partial charge is 0.0821 e. The van der Waals surface area contributed by atoms with Gasteiger partial charge in [0.05, 0.1) is 5.66 Å². The second-order valence-corrected chi connectivity index (χ2v) is 4.52. The van der Waals surface area contributed by atoms with Gasteiger partial charge >= 0.3 is 0 Å². The fourth-order valence-electron chi connectivity index (χ4n) is 1.37. The van der Waals surface area contributed by atoms with Crippen LogP contribution in [0.3, 0.4) is 0 Å². The SMILES string of the molecule is CC(C)CC1=CNC(C)(C)NC1. The predicted octanol–water partition coefficient (Wildman–Crippen LogP) is 1.85. The average Bonchev–Trinajstić information content (AvgIpc) is 1.93. The Kier molecular flexibility index (Phi) is 2.78. The third-order valence-electron chi connectivity index (χ3n) is 2.06. The highest BCUT2D eigenvalue weighted by molar-refractivity contribution is 5.09. The summed E-state index contributed by atoms with van der Waals surface area (Å²) in [5, 5.41) is 6.78. The Morgan fingerprint density at radius 1 is 1.50 bits per heavy atom. The molecule has 0 aromatic carbocycles. The van der Waals surface area contributed by atoms with Crippen molar-refractivity contribution in [3.05, 3.63) is 11.8 Å². The molecule has 1 aliphatic rings. The van der Waals surface area contributed by atoms with Gasteiger partial charge in [-0.1, -0.05) is 13.8 Å². The summed E-state index contributed by atoms with van der Waals surface area (Å²) in [6.07, 6.45) is 3.35. The third kappa shape index (κ3) is 2.86. The Bertz CT molecular complexity index is 180. The van der Waals surface area contributed by atoms with E-state index in [4.69, 9.17) is 0 Å². The van der Waals surface area contributed by atoms with E-state index in [-0.39, 0.29) is 5.66 Å². The lowest BCUT2D eigenvalue weighted by molar-refractivity contribution is 0.337. The van der Waals surface area contributed by atoms with Gasteiger partial charge < -0.3 is 5.32 Å². The molecule has 1 aliphatic heterocycles. The molecule has 0 radical (unpaired) electrons. The number of nitrogens with one attached hydrogen (secondary N) is 2.